The number of carbonyl (C=O) groups is 1. The summed E-state index contributed by atoms with van der Waals surface area (Å²) in [7, 11) is -4.12. The van der Waals surface area contributed by atoms with E-state index in [-0.39, 0.29) is 28.0 Å². The Bertz CT molecular complexity index is 1770. The van der Waals surface area contributed by atoms with Gasteiger partial charge < -0.3 is 9.88 Å². The van der Waals surface area contributed by atoms with E-state index in [1.54, 1.807) is 0 Å². The molecule has 0 spiro atoms. The number of aromatic nitrogens is 1. The molecular formula is C30H27Cl2N3O3S. The molecule has 0 aliphatic rings. The number of nitrogens with zero attached hydrogens (tertiary/aromatic N) is 2. The van der Waals surface area contributed by atoms with Gasteiger partial charge in [-0.2, -0.15) is 4.31 Å². The minimum atomic E-state index is -4.12. The Morgan fingerprint density at radius 2 is 1.59 bits per heavy atom. The van der Waals surface area contributed by atoms with Crippen molar-refractivity contribution in [2.24, 2.45) is 0 Å². The number of amides is 1. The average Bonchev–Trinajstić information content (AvgIpc) is 3.25. The van der Waals surface area contributed by atoms with Crippen LogP contribution in [-0.4, -0.2) is 36.3 Å². The standard InChI is InChI=1S/C30H27Cl2N3O3S/c1-2-35-27-11-7-6-10-24(27)25-19-23(13-15-28(25)35)33-30(36)20-34(17-16-21-8-4-3-5-9-21)39(37,38)29-18-22(31)12-14-26(29)32/h3-15,18-19H,2,16-17,20H2,1H3,(H,33,36). The summed E-state index contributed by atoms with van der Waals surface area (Å²) in [5.74, 6) is -0.455. The van der Waals surface area contributed by atoms with Crippen LogP contribution in [0, 0.1) is 0 Å². The highest BCUT2D eigenvalue weighted by molar-refractivity contribution is 7.89. The lowest BCUT2D eigenvalue weighted by molar-refractivity contribution is -0.116. The molecule has 0 aliphatic heterocycles. The van der Waals surface area contributed by atoms with Crippen molar-refractivity contribution in [2.75, 3.05) is 18.4 Å². The maximum absolute atomic E-state index is 13.7. The van der Waals surface area contributed by atoms with E-state index < -0.39 is 15.9 Å². The molecule has 0 saturated heterocycles. The third-order valence-electron chi connectivity index (χ3n) is 6.70. The molecule has 6 nitrogen and oxygen atoms in total. The van der Waals surface area contributed by atoms with Crippen LogP contribution in [0.5, 0.6) is 0 Å². The Morgan fingerprint density at radius 1 is 0.872 bits per heavy atom. The molecule has 1 N–H and O–H groups in total. The fourth-order valence-electron chi connectivity index (χ4n) is 4.83. The summed E-state index contributed by atoms with van der Waals surface area (Å²) < 4.78 is 30.7. The maximum atomic E-state index is 13.7. The molecule has 5 aromatic rings. The third-order valence-corrected chi connectivity index (χ3v) is 9.26. The van der Waals surface area contributed by atoms with Crippen LogP contribution in [-0.2, 0) is 27.8 Å². The Kier molecular flexibility index (Phi) is 7.96. The van der Waals surface area contributed by atoms with E-state index >= 15 is 0 Å². The van der Waals surface area contributed by atoms with E-state index in [9.17, 15) is 13.2 Å². The van der Waals surface area contributed by atoms with Gasteiger partial charge in [0.05, 0.1) is 11.6 Å². The smallest absolute Gasteiger partial charge is 0.245 e. The largest absolute Gasteiger partial charge is 0.341 e. The highest BCUT2D eigenvalue weighted by Crippen LogP contribution is 2.31. The number of hydrogen-bond acceptors (Lipinski definition) is 3. The lowest BCUT2D eigenvalue weighted by Crippen LogP contribution is -2.39. The third kappa shape index (κ3) is 5.68. The number of carbonyl (C=O) groups excluding carboxylic acids is 1. The zero-order valence-corrected chi connectivity index (χ0v) is 23.6. The van der Waals surface area contributed by atoms with Crippen LogP contribution < -0.4 is 5.32 Å². The molecular weight excluding hydrogens is 553 g/mol. The number of rotatable bonds is 9. The van der Waals surface area contributed by atoms with Gasteiger partial charge in [-0.25, -0.2) is 8.42 Å². The van der Waals surface area contributed by atoms with Gasteiger partial charge in [-0.15, -0.1) is 0 Å². The van der Waals surface area contributed by atoms with E-state index in [4.69, 9.17) is 23.2 Å². The van der Waals surface area contributed by atoms with Crippen molar-refractivity contribution in [3.63, 3.8) is 0 Å². The first-order valence-electron chi connectivity index (χ1n) is 12.6. The van der Waals surface area contributed by atoms with Crippen molar-refractivity contribution in [1.29, 1.82) is 0 Å². The minimum Gasteiger partial charge on any atom is -0.341 e. The molecule has 1 heterocycles. The summed E-state index contributed by atoms with van der Waals surface area (Å²) in [6.07, 6.45) is 0.425. The molecule has 0 radical (unpaired) electrons. The van der Waals surface area contributed by atoms with Crippen LogP contribution in [0.4, 0.5) is 5.69 Å². The first-order chi connectivity index (χ1) is 18.8. The van der Waals surface area contributed by atoms with E-state index in [1.165, 1.54) is 18.2 Å². The van der Waals surface area contributed by atoms with Crippen LogP contribution in [0.25, 0.3) is 21.8 Å². The zero-order valence-electron chi connectivity index (χ0n) is 21.3. The average molecular weight is 581 g/mol. The number of anilines is 1. The predicted molar refractivity (Wildman–Crippen MR) is 159 cm³/mol. The minimum absolute atomic E-state index is 0.0438. The van der Waals surface area contributed by atoms with Crippen molar-refractivity contribution in [3.8, 4) is 0 Å². The molecule has 5 rings (SSSR count). The van der Waals surface area contributed by atoms with Crippen LogP contribution in [0.1, 0.15) is 12.5 Å². The van der Waals surface area contributed by atoms with Gasteiger partial charge in [0.1, 0.15) is 4.90 Å². The Hall–Kier alpha value is -3.36. The van der Waals surface area contributed by atoms with Gasteiger partial charge in [0.25, 0.3) is 0 Å². The number of para-hydroxylation sites is 1. The van der Waals surface area contributed by atoms with Crippen molar-refractivity contribution >= 4 is 66.6 Å². The number of aryl methyl sites for hydroxylation is 1. The lowest BCUT2D eigenvalue weighted by atomic mass is 10.1. The molecule has 1 amide bonds. The van der Waals surface area contributed by atoms with Gasteiger partial charge in [0.15, 0.2) is 0 Å². The van der Waals surface area contributed by atoms with Gasteiger partial charge in [-0.3, -0.25) is 4.79 Å². The first kappa shape index (κ1) is 27.2. The Labute approximate surface area is 237 Å². The van der Waals surface area contributed by atoms with Crippen LogP contribution in [0.15, 0.2) is 95.9 Å². The highest BCUT2D eigenvalue weighted by Gasteiger charge is 2.29. The van der Waals surface area contributed by atoms with E-state index in [0.29, 0.717) is 12.1 Å². The van der Waals surface area contributed by atoms with Crippen LogP contribution >= 0.6 is 23.2 Å². The summed E-state index contributed by atoms with van der Waals surface area (Å²) in [5, 5.41) is 5.28. The van der Waals surface area contributed by atoms with Gasteiger partial charge in [-0.1, -0.05) is 71.7 Å². The monoisotopic (exact) mass is 579 g/mol. The molecule has 0 aliphatic carbocycles. The fourth-order valence-corrected chi connectivity index (χ4v) is 6.96. The Morgan fingerprint density at radius 3 is 2.36 bits per heavy atom. The number of hydrogen-bond donors (Lipinski definition) is 1. The molecule has 1 aromatic heterocycles. The quantitative estimate of drug-likeness (QED) is 0.204. The molecule has 4 aromatic carbocycles. The fraction of sp³-hybridized carbons (Fsp3) is 0.167. The normalized spacial score (nSPS) is 11.9. The number of sulfonamides is 1. The summed E-state index contributed by atoms with van der Waals surface area (Å²) in [5.41, 5.74) is 3.73. The Balaban J connectivity index is 1.43. The number of fused-ring (bicyclic) bond motifs is 3. The number of benzene rings is 4. The second kappa shape index (κ2) is 11.4. The van der Waals surface area contributed by atoms with E-state index in [1.807, 2.05) is 60.7 Å². The van der Waals surface area contributed by atoms with Gasteiger partial charge in [-0.05, 0) is 61.4 Å². The van der Waals surface area contributed by atoms with Gasteiger partial charge >= 0.3 is 0 Å². The van der Waals surface area contributed by atoms with Crippen molar-refractivity contribution in [3.05, 3.63) is 107 Å². The summed E-state index contributed by atoms with van der Waals surface area (Å²) in [6, 6.07) is 27.6. The lowest BCUT2D eigenvalue weighted by Gasteiger charge is -2.22. The van der Waals surface area contributed by atoms with Gasteiger partial charge in [0, 0.05) is 45.6 Å². The molecule has 0 saturated carbocycles. The summed E-state index contributed by atoms with van der Waals surface area (Å²) >= 11 is 12.4. The second-order valence-electron chi connectivity index (χ2n) is 9.19. The van der Waals surface area contributed by atoms with Crippen LogP contribution in [0.2, 0.25) is 10.0 Å². The van der Waals surface area contributed by atoms with E-state index in [2.05, 4.69) is 28.9 Å². The molecule has 9 heteroatoms. The van der Waals surface area contributed by atoms with Crippen LogP contribution in [0.3, 0.4) is 0 Å². The number of nitrogens with one attached hydrogen (secondary N) is 1. The first-order valence-corrected chi connectivity index (χ1v) is 14.8. The highest BCUT2D eigenvalue weighted by atomic mass is 35.5. The molecule has 0 atom stereocenters. The SMILES string of the molecule is CCn1c2ccccc2c2cc(NC(=O)CN(CCc3ccccc3)S(=O)(=O)c3cc(Cl)ccc3Cl)ccc21. The molecule has 0 unspecified atom stereocenters. The molecule has 200 valence electrons. The predicted octanol–water partition coefficient (Wildman–Crippen LogP) is 6.99. The number of halogens is 2. The zero-order chi connectivity index (χ0) is 27.6. The maximum Gasteiger partial charge on any atom is 0.245 e. The van der Waals surface area contributed by atoms with Gasteiger partial charge in [0.2, 0.25) is 15.9 Å². The van der Waals surface area contributed by atoms with Crippen molar-refractivity contribution < 1.29 is 13.2 Å². The summed E-state index contributed by atoms with van der Waals surface area (Å²) in [6.45, 7) is 2.62. The van der Waals surface area contributed by atoms with Crippen molar-refractivity contribution in [1.82, 2.24) is 8.87 Å². The molecule has 0 bridgehead atoms. The second-order valence-corrected chi connectivity index (χ2v) is 11.9. The van der Waals surface area contributed by atoms with Crippen molar-refractivity contribution in [2.45, 2.75) is 24.8 Å². The summed E-state index contributed by atoms with van der Waals surface area (Å²) in [4.78, 5) is 13.1. The molecule has 39 heavy (non-hydrogen) atoms. The van der Waals surface area contributed by atoms with E-state index in [0.717, 1.165) is 38.2 Å². The topological polar surface area (TPSA) is 71.4 Å². The molecule has 0 fully saturated rings.